The van der Waals surface area contributed by atoms with Crippen LogP contribution in [-0.2, 0) is 19.8 Å². The van der Waals surface area contributed by atoms with Gasteiger partial charge in [-0.3, -0.25) is 9.69 Å². The second-order valence-corrected chi connectivity index (χ2v) is 6.61. The second-order valence-electron chi connectivity index (χ2n) is 6.23. The summed E-state index contributed by atoms with van der Waals surface area (Å²) in [7, 11) is 1.54. The first kappa shape index (κ1) is 18.7. The van der Waals surface area contributed by atoms with Gasteiger partial charge in [0.25, 0.3) is 5.56 Å². The maximum absolute atomic E-state index is 12.6. The zero-order chi connectivity index (χ0) is 18.9. The Balaban J connectivity index is 1.61. The van der Waals surface area contributed by atoms with Crippen molar-refractivity contribution >= 4 is 17.3 Å². The predicted molar refractivity (Wildman–Crippen MR) is 93.4 cm³/mol. The SMILES string of the molecule is Cn1ncc(N2CCN(Cc3ccc(C(F)(F)F)cc3)CC2)c(Cl)c1=O. The molecule has 5 nitrogen and oxygen atoms in total. The van der Waals surface area contributed by atoms with Crippen molar-refractivity contribution in [3.8, 4) is 0 Å². The van der Waals surface area contributed by atoms with Crippen molar-refractivity contribution in [2.24, 2.45) is 7.05 Å². The van der Waals surface area contributed by atoms with Gasteiger partial charge in [0.05, 0.1) is 17.4 Å². The lowest BCUT2D eigenvalue weighted by Gasteiger charge is -2.36. The van der Waals surface area contributed by atoms with Gasteiger partial charge in [-0.15, -0.1) is 0 Å². The van der Waals surface area contributed by atoms with Crippen LogP contribution in [0.1, 0.15) is 11.1 Å². The summed E-state index contributed by atoms with van der Waals surface area (Å²) in [5.74, 6) is 0. The molecule has 0 atom stereocenters. The Kier molecular flexibility index (Phi) is 5.24. The molecular formula is C17H18ClF3N4O. The molecular weight excluding hydrogens is 369 g/mol. The molecule has 2 aromatic rings. The Hall–Kier alpha value is -2.06. The molecule has 1 aliphatic rings. The van der Waals surface area contributed by atoms with Crippen molar-refractivity contribution in [3.63, 3.8) is 0 Å². The number of benzene rings is 1. The minimum Gasteiger partial charge on any atom is -0.366 e. The Bertz CT molecular complexity index is 827. The molecule has 26 heavy (non-hydrogen) atoms. The minimum atomic E-state index is -4.32. The van der Waals surface area contributed by atoms with Gasteiger partial charge in [0.1, 0.15) is 5.02 Å². The van der Waals surface area contributed by atoms with Crippen LogP contribution in [0.5, 0.6) is 0 Å². The maximum atomic E-state index is 12.6. The Labute approximate surface area is 153 Å². The smallest absolute Gasteiger partial charge is 0.366 e. The van der Waals surface area contributed by atoms with Crippen LogP contribution in [-0.4, -0.2) is 40.9 Å². The van der Waals surface area contributed by atoms with E-state index in [-0.39, 0.29) is 10.6 Å². The molecule has 2 heterocycles. The molecule has 1 aromatic heterocycles. The number of aryl methyl sites for hydroxylation is 1. The highest BCUT2D eigenvalue weighted by Crippen LogP contribution is 2.29. The molecule has 1 aliphatic heterocycles. The number of hydrogen-bond acceptors (Lipinski definition) is 4. The number of hydrogen-bond donors (Lipinski definition) is 0. The summed E-state index contributed by atoms with van der Waals surface area (Å²) in [6.45, 7) is 3.33. The van der Waals surface area contributed by atoms with Crippen LogP contribution in [0.4, 0.5) is 18.9 Å². The largest absolute Gasteiger partial charge is 0.416 e. The first-order chi connectivity index (χ1) is 12.3. The molecule has 0 radical (unpaired) electrons. The lowest BCUT2D eigenvalue weighted by molar-refractivity contribution is -0.137. The molecule has 0 bridgehead atoms. The quantitative estimate of drug-likeness (QED) is 0.813. The lowest BCUT2D eigenvalue weighted by atomic mass is 10.1. The van der Waals surface area contributed by atoms with Gasteiger partial charge in [-0.1, -0.05) is 23.7 Å². The van der Waals surface area contributed by atoms with Gasteiger partial charge in [0.15, 0.2) is 0 Å². The summed E-state index contributed by atoms with van der Waals surface area (Å²) in [6, 6.07) is 5.24. The fourth-order valence-electron chi connectivity index (χ4n) is 2.93. The normalized spacial score (nSPS) is 16.1. The van der Waals surface area contributed by atoms with E-state index in [1.54, 1.807) is 13.2 Å². The van der Waals surface area contributed by atoms with E-state index in [0.29, 0.717) is 38.4 Å². The van der Waals surface area contributed by atoms with Gasteiger partial charge in [0.2, 0.25) is 0 Å². The van der Waals surface area contributed by atoms with Crippen LogP contribution in [0.3, 0.4) is 0 Å². The fraction of sp³-hybridized carbons (Fsp3) is 0.412. The molecule has 140 valence electrons. The molecule has 0 saturated carbocycles. The van der Waals surface area contributed by atoms with E-state index in [1.807, 2.05) is 4.90 Å². The zero-order valence-corrected chi connectivity index (χ0v) is 14.9. The summed E-state index contributed by atoms with van der Waals surface area (Å²) in [5.41, 5.74) is 0.471. The average molecular weight is 387 g/mol. The fourth-order valence-corrected chi connectivity index (χ4v) is 3.22. The predicted octanol–water partition coefficient (Wildman–Crippen LogP) is 2.77. The molecule has 1 aromatic carbocycles. The first-order valence-corrected chi connectivity index (χ1v) is 8.49. The van der Waals surface area contributed by atoms with Gasteiger partial charge in [-0.25, -0.2) is 4.68 Å². The molecule has 0 unspecified atom stereocenters. The molecule has 3 rings (SSSR count). The highest BCUT2D eigenvalue weighted by Gasteiger charge is 2.30. The topological polar surface area (TPSA) is 41.4 Å². The van der Waals surface area contributed by atoms with Crippen molar-refractivity contribution in [1.29, 1.82) is 0 Å². The van der Waals surface area contributed by atoms with Gasteiger partial charge < -0.3 is 4.90 Å². The molecule has 0 amide bonds. The summed E-state index contributed by atoms with van der Waals surface area (Å²) in [4.78, 5) is 16.0. The molecule has 1 saturated heterocycles. The Morgan fingerprint density at radius 3 is 2.31 bits per heavy atom. The summed E-state index contributed by atoms with van der Waals surface area (Å²) in [6.07, 6.45) is -2.74. The molecule has 0 aliphatic carbocycles. The number of anilines is 1. The third-order valence-electron chi connectivity index (χ3n) is 4.46. The van der Waals surface area contributed by atoms with E-state index in [1.165, 1.54) is 16.8 Å². The highest BCUT2D eigenvalue weighted by molar-refractivity contribution is 6.33. The van der Waals surface area contributed by atoms with Crippen LogP contribution in [0.2, 0.25) is 5.02 Å². The molecule has 9 heteroatoms. The average Bonchev–Trinajstić information content (AvgIpc) is 2.61. The lowest BCUT2D eigenvalue weighted by Crippen LogP contribution is -2.46. The van der Waals surface area contributed by atoms with Crippen molar-refractivity contribution in [2.45, 2.75) is 12.7 Å². The highest BCUT2D eigenvalue weighted by atomic mass is 35.5. The minimum absolute atomic E-state index is 0.152. The number of piperazine rings is 1. The molecule has 0 N–H and O–H groups in total. The van der Waals surface area contributed by atoms with Gasteiger partial charge in [0, 0.05) is 39.8 Å². The third-order valence-corrected chi connectivity index (χ3v) is 4.82. The monoisotopic (exact) mass is 386 g/mol. The van der Waals surface area contributed by atoms with Gasteiger partial charge >= 0.3 is 6.18 Å². The standard InChI is InChI=1S/C17H18ClF3N4O/c1-23-16(26)15(18)14(10-22-23)25-8-6-24(7-9-25)11-12-2-4-13(5-3-12)17(19,20)21/h2-5,10H,6-9,11H2,1H3. The maximum Gasteiger partial charge on any atom is 0.416 e. The molecule has 0 spiro atoms. The summed E-state index contributed by atoms with van der Waals surface area (Å²) >= 11 is 6.13. The molecule has 1 fully saturated rings. The van der Waals surface area contributed by atoms with E-state index >= 15 is 0 Å². The van der Waals surface area contributed by atoms with Crippen molar-refractivity contribution in [1.82, 2.24) is 14.7 Å². The van der Waals surface area contributed by atoms with Crippen LogP contribution in [0, 0.1) is 0 Å². The van der Waals surface area contributed by atoms with Crippen LogP contribution in [0.25, 0.3) is 0 Å². The van der Waals surface area contributed by atoms with E-state index < -0.39 is 11.7 Å². The Morgan fingerprint density at radius 1 is 1.12 bits per heavy atom. The van der Waals surface area contributed by atoms with Crippen LogP contribution < -0.4 is 10.5 Å². The van der Waals surface area contributed by atoms with Crippen LogP contribution in [0.15, 0.2) is 35.3 Å². The van der Waals surface area contributed by atoms with Crippen LogP contribution >= 0.6 is 11.6 Å². The van der Waals surface area contributed by atoms with Crippen molar-refractivity contribution in [3.05, 3.63) is 57.0 Å². The van der Waals surface area contributed by atoms with E-state index in [9.17, 15) is 18.0 Å². The Morgan fingerprint density at radius 2 is 1.73 bits per heavy atom. The summed E-state index contributed by atoms with van der Waals surface area (Å²) in [5, 5.41) is 4.15. The van der Waals surface area contributed by atoms with E-state index in [2.05, 4.69) is 10.00 Å². The zero-order valence-electron chi connectivity index (χ0n) is 14.1. The number of rotatable bonds is 3. The first-order valence-electron chi connectivity index (χ1n) is 8.11. The van der Waals surface area contributed by atoms with Crippen molar-refractivity contribution < 1.29 is 13.2 Å². The van der Waals surface area contributed by atoms with Crippen molar-refractivity contribution in [2.75, 3.05) is 31.1 Å². The number of halogens is 4. The third kappa shape index (κ3) is 4.02. The second kappa shape index (κ2) is 7.28. The van der Waals surface area contributed by atoms with E-state index in [0.717, 1.165) is 17.7 Å². The summed E-state index contributed by atoms with van der Waals surface area (Å²) < 4.78 is 39.0. The van der Waals surface area contributed by atoms with Gasteiger partial charge in [-0.2, -0.15) is 18.3 Å². The number of aromatic nitrogens is 2. The number of alkyl halides is 3. The van der Waals surface area contributed by atoms with E-state index in [4.69, 9.17) is 11.6 Å². The number of nitrogens with zero attached hydrogens (tertiary/aromatic N) is 4. The van der Waals surface area contributed by atoms with Gasteiger partial charge in [-0.05, 0) is 17.7 Å².